The molecule has 3 aromatic carbocycles. The Labute approximate surface area is 265 Å². The van der Waals surface area contributed by atoms with Gasteiger partial charge < -0.3 is 39.2 Å². The molecule has 1 aliphatic rings. The Morgan fingerprint density at radius 1 is 0.682 bits per heavy atom. The van der Waals surface area contributed by atoms with Gasteiger partial charge in [0, 0.05) is 42.0 Å². The number of morpholine rings is 1. The zero-order valence-electron chi connectivity index (χ0n) is 24.6. The van der Waals surface area contributed by atoms with Crippen molar-refractivity contribution in [3.05, 3.63) is 65.7 Å². The van der Waals surface area contributed by atoms with Crippen molar-refractivity contribution in [2.75, 3.05) is 70.3 Å². The van der Waals surface area contributed by atoms with Crippen molar-refractivity contribution in [2.24, 2.45) is 0 Å². The molecule has 0 atom stereocenters. The van der Waals surface area contributed by atoms with Crippen molar-refractivity contribution in [1.82, 2.24) is 10.6 Å². The number of thiocarbonyl (C=S) groups is 2. The van der Waals surface area contributed by atoms with Crippen LogP contribution in [-0.2, 0) is 4.74 Å². The lowest BCUT2D eigenvalue weighted by Gasteiger charge is -2.31. The molecule has 0 spiro atoms. The second-order valence-electron chi connectivity index (χ2n) is 9.35. The Bertz CT molecular complexity index is 1500. The molecule has 4 N–H and O–H groups in total. The molecule has 14 heteroatoms. The third kappa shape index (κ3) is 8.46. The average molecular weight is 640 g/mol. The van der Waals surface area contributed by atoms with Crippen molar-refractivity contribution in [3.63, 3.8) is 0 Å². The Hall–Kier alpha value is -4.66. The largest absolute Gasteiger partial charge is 0.497 e. The molecule has 1 aliphatic heterocycles. The monoisotopic (exact) mass is 639 g/mol. The van der Waals surface area contributed by atoms with Crippen molar-refractivity contribution >= 4 is 63.5 Å². The highest BCUT2D eigenvalue weighted by Crippen LogP contribution is 2.30. The zero-order valence-corrected chi connectivity index (χ0v) is 26.3. The van der Waals surface area contributed by atoms with E-state index in [0.717, 1.165) is 5.69 Å². The van der Waals surface area contributed by atoms with Crippen LogP contribution < -0.4 is 45.1 Å². The van der Waals surface area contributed by atoms with Crippen molar-refractivity contribution < 1.29 is 33.3 Å². The smallest absolute Gasteiger partial charge is 0.257 e. The average Bonchev–Trinajstić information content (AvgIpc) is 3.04. The number of amides is 2. The van der Waals surface area contributed by atoms with Crippen LogP contribution in [-0.4, -0.2) is 76.8 Å². The van der Waals surface area contributed by atoms with Gasteiger partial charge in [0.15, 0.2) is 10.2 Å². The molecule has 0 aromatic heterocycles. The van der Waals surface area contributed by atoms with Gasteiger partial charge in [-0.25, -0.2) is 0 Å². The maximum absolute atomic E-state index is 13.0. The highest BCUT2D eigenvalue weighted by Gasteiger charge is 2.19. The van der Waals surface area contributed by atoms with Gasteiger partial charge in [0.25, 0.3) is 11.8 Å². The molecule has 2 amide bonds. The van der Waals surface area contributed by atoms with Crippen LogP contribution in [0.25, 0.3) is 0 Å². The maximum Gasteiger partial charge on any atom is 0.257 e. The van der Waals surface area contributed by atoms with Crippen molar-refractivity contribution in [1.29, 1.82) is 0 Å². The van der Waals surface area contributed by atoms with Crippen LogP contribution in [0.5, 0.6) is 23.0 Å². The predicted molar refractivity (Wildman–Crippen MR) is 176 cm³/mol. The topological polar surface area (TPSA) is 132 Å². The van der Waals surface area contributed by atoms with Crippen LogP contribution in [0.3, 0.4) is 0 Å². The Kier molecular flexibility index (Phi) is 11.1. The SMILES string of the molecule is COc1cc(OC)cc(C(=O)NC(=S)Nc2ccc(N3CCOCC3)c(NC(=S)NC(=O)c3cc(OC)cc(OC)c3)c2)c1. The number of anilines is 3. The summed E-state index contributed by atoms with van der Waals surface area (Å²) >= 11 is 10.9. The molecular formula is C30H33N5O7S2. The minimum atomic E-state index is -0.444. The van der Waals surface area contributed by atoms with Gasteiger partial charge in [-0.15, -0.1) is 0 Å². The van der Waals surface area contributed by atoms with E-state index in [1.165, 1.54) is 28.4 Å². The third-order valence-corrected chi connectivity index (χ3v) is 6.94. The number of nitrogens with one attached hydrogen (secondary N) is 4. The summed E-state index contributed by atoms with van der Waals surface area (Å²) in [6, 6.07) is 15.2. The number of benzene rings is 3. The molecule has 44 heavy (non-hydrogen) atoms. The Balaban J connectivity index is 1.50. The molecule has 232 valence electrons. The molecule has 0 unspecified atom stereocenters. The second kappa shape index (κ2) is 15.2. The molecule has 1 fully saturated rings. The van der Waals surface area contributed by atoms with Gasteiger partial charge in [0.2, 0.25) is 0 Å². The summed E-state index contributed by atoms with van der Waals surface area (Å²) in [6.07, 6.45) is 0. The van der Waals surface area contributed by atoms with Gasteiger partial charge in [0.05, 0.1) is 53.0 Å². The fourth-order valence-electron chi connectivity index (χ4n) is 4.34. The highest BCUT2D eigenvalue weighted by atomic mass is 32.1. The van der Waals surface area contributed by atoms with Crippen molar-refractivity contribution in [3.8, 4) is 23.0 Å². The number of nitrogens with zero attached hydrogens (tertiary/aromatic N) is 1. The molecule has 0 saturated carbocycles. The summed E-state index contributed by atoms with van der Waals surface area (Å²) in [5.41, 5.74) is 2.65. The van der Waals surface area contributed by atoms with Crippen LogP contribution in [0.1, 0.15) is 20.7 Å². The molecule has 1 heterocycles. The fraction of sp³-hybridized carbons (Fsp3) is 0.267. The van der Waals surface area contributed by atoms with Crippen LogP contribution in [0.4, 0.5) is 17.1 Å². The Morgan fingerprint density at radius 2 is 1.14 bits per heavy atom. The summed E-state index contributed by atoms with van der Waals surface area (Å²) in [7, 11) is 6.01. The summed E-state index contributed by atoms with van der Waals surface area (Å²) in [4.78, 5) is 28.1. The van der Waals surface area contributed by atoms with E-state index in [2.05, 4.69) is 26.2 Å². The van der Waals surface area contributed by atoms with Crippen molar-refractivity contribution in [2.45, 2.75) is 0 Å². The number of hydrogen-bond acceptors (Lipinski definition) is 10. The van der Waals surface area contributed by atoms with Gasteiger partial charge in [0.1, 0.15) is 23.0 Å². The van der Waals surface area contributed by atoms with E-state index < -0.39 is 11.8 Å². The predicted octanol–water partition coefficient (Wildman–Crippen LogP) is 3.81. The number of carbonyl (C=O) groups excluding carboxylic acids is 2. The molecule has 12 nitrogen and oxygen atoms in total. The minimum absolute atomic E-state index is 0.0738. The van der Waals surface area contributed by atoms with Gasteiger partial charge in [-0.1, -0.05) is 0 Å². The van der Waals surface area contributed by atoms with Crippen LogP contribution >= 0.6 is 24.4 Å². The summed E-state index contributed by atoms with van der Waals surface area (Å²) in [5.74, 6) is 0.986. The normalized spacial score (nSPS) is 12.4. The first-order valence-corrected chi connectivity index (χ1v) is 14.2. The van der Waals surface area contributed by atoms with Crippen LogP contribution in [0.15, 0.2) is 54.6 Å². The summed E-state index contributed by atoms with van der Waals surface area (Å²) in [5, 5.41) is 11.7. The highest BCUT2D eigenvalue weighted by molar-refractivity contribution is 7.80. The quantitative estimate of drug-likeness (QED) is 0.254. The first-order chi connectivity index (χ1) is 21.2. The van der Waals surface area contributed by atoms with Gasteiger partial charge in [-0.2, -0.15) is 0 Å². The van der Waals surface area contributed by atoms with E-state index in [0.29, 0.717) is 71.8 Å². The van der Waals surface area contributed by atoms with E-state index in [9.17, 15) is 9.59 Å². The lowest BCUT2D eigenvalue weighted by molar-refractivity contribution is 0.0969. The number of methoxy groups -OCH3 is 4. The first-order valence-electron chi connectivity index (χ1n) is 13.4. The number of carbonyl (C=O) groups is 2. The van der Waals surface area contributed by atoms with Gasteiger partial charge >= 0.3 is 0 Å². The molecule has 1 saturated heterocycles. The number of ether oxygens (including phenoxy) is 5. The maximum atomic E-state index is 13.0. The third-order valence-electron chi connectivity index (χ3n) is 6.54. The van der Waals surface area contributed by atoms with Gasteiger partial charge in [-0.3, -0.25) is 20.2 Å². The molecular weight excluding hydrogens is 606 g/mol. The standard InChI is InChI=1S/C30H33N5O7S2/c1-38-21-11-18(12-22(16-21)39-2)27(36)33-29(43)31-20-5-6-26(35-7-9-42-10-8-35)25(15-20)32-30(44)34-28(37)19-13-23(40-3)17-24(14-19)41-4/h5-6,11-17H,7-10H2,1-4H3,(H2,31,33,36,43)(H2,32,34,37,44). The molecule has 0 bridgehead atoms. The molecule has 3 aromatic rings. The van der Waals surface area contributed by atoms with Crippen LogP contribution in [0.2, 0.25) is 0 Å². The van der Waals surface area contributed by atoms with Gasteiger partial charge in [-0.05, 0) is 66.9 Å². The number of rotatable bonds is 9. The summed E-state index contributed by atoms with van der Waals surface area (Å²) in [6.45, 7) is 2.48. The zero-order chi connectivity index (χ0) is 31.6. The van der Waals surface area contributed by atoms with E-state index in [1.54, 1.807) is 42.5 Å². The molecule has 0 radical (unpaired) electrons. The summed E-state index contributed by atoms with van der Waals surface area (Å²) < 4.78 is 26.5. The fourth-order valence-corrected chi connectivity index (χ4v) is 4.75. The molecule has 0 aliphatic carbocycles. The minimum Gasteiger partial charge on any atom is -0.497 e. The van der Waals surface area contributed by atoms with E-state index >= 15 is 0 Å². The number of hydrogen-bond donors (Lipinski definition) is 4. The lowest BCUT2D eigenvalue weighted by atomic mass is 10.2. The second-order valence-corrected chi connectivity index (χ2v) is 10.2. The van der Waals surface area contributed by atoms with E-state index in [-0.39, 0.29) is 10.2 Å². The van der Waals surface area contributed by atoms with Crippen LogP contribution in [0, 0.1) is 0 Å². The lowest BCUT2D eigenvalue weighted by Crippen LogP contribution is -2.38. The first kappa shape index (κ1) is 32.3. The van der Waals surface area contributed by atoms with E-state index in [4.69, 9.17) is 48.1 Å². The van der Waals surface area contributed by atoms with E-state index in [1.807, 2.05) is 12.1 Å². The molecule has 4 rings (SSSR count). The Morgan fingerprint density at radius 3 is 1.59 bits per heavy atom.